The Balaban J connectivity index is 0.00000243. The summed E-state index contributed by atoms with van der Waals surface area (Å²) in [6.45, 7) is 4.73. The van der Waals surface area contributed by atoms with Gasteiger partial charge in [0.05, 0.1) is 12.5 Å². The summed E-state index contributed by atoms with van der Waals surface area (Å²) in [6.07, 6.45) is 6.73. The number of halogens is 1. The molecule has 3 unspecified atom stereocenters. The third-order valence-electron chi connectivity index (χ3n) is 6.10. The number of ether oxygens (including phenoxy) is 1. The maximum absolute atomic E-state index is 13.2. The summed E-state index contributed by atoms with van der Waals surface area (Å²) in [5, 5.41) is 6.59. The Morgan fingerprint density at radius 3 is 2.77 bits per heavy atom. The lowest BCUT2D eigenvalue weighted by Gasteiger charge is -2.36. The summed E-state index contributed by atoms with van der Waals surface area (Å²) in [5.41, 5.74) is 0.992. The van der Waals surface area contributed by atoms with Gasteiger partial charge in [-0.25, -0.2) is 0 Å². The van der Waals surface area contributed by atoms with Gasteiger partial charge in [0.2, 0.25) is 5.91 Å². The van der Waals surface area contributed by atoms with Crippen molar-refractivity contribution < 1.29 is 9.53 Å². The SMILES string of the molecule is CCCNCCNC(=O)C1(Cc2cccc(OC)c2)CC2CCC1C2.Cl. The van der Waals surface area contributed by atoms with Crippen LogP contribution in [0.2, 0.25) is 0 Å². The van der Waals surface area contributed by atoms with Gasteiger partial charge in [-0.15, -0.1) is 12.4 Å². The van der Waals surface area contributed by atoms with E-state index in [1.807, 2.05) is 12.1 Å². The summed E-state index contributed by atoms with van der Waals surface area (Å²) in [4.78, 5) is 13.2. The minimum atomic E-state index is -0.222. The van der Waals surface area contributed by atoms with Gasteiger partial charge < -0.3 is 15.4 Å². The van der Waals surface area contributed by atoms with Gasteiger partial charge in [-0.2, -0.15) is 0 Å². The quantitative estimate of drug-likeness (QED) is 0.644. The molecule has 2 fully saturated rings. The van der Waals surface area contributed by atoms with Crippen LogP contribution in [0, 0.1) is 17.3 Å². The molecule has 5 heteroatoms. The molecule has 1 aromatic carbocycles. The second-order valence-electron chi connectivity index (χ2n) is 7.77. The van der Waals surface area contributed by atoms with E-state index in [2.05, 4.69) is 29.7 Å². The minimum Gasteiger partial charge on any atom is -0.497 e. The highest BCUT2D eigenvalue weighted by atomic mass is 35.5. The topological polar surface area (TPSA) is 50.4 Å². The number of nitrogens with one attached hydrogen (secondary N) is 2. The van der Waals surface area contributed by atoms with Crippen LogP contribution >= 0.6 is 12.4 Å². The summed E-state index contributed by atoms with van der Waals surface area (Å²) >= 11 is 0. The highest BCUT2D eigenvalue weighted by molar-refractivity contribution is 5.85. The largest absolute Gasteiger partial charge is 0.497 e. The van der Waals surface area contributed by atoms with Crippen molar-refractivity contribution in [1.82, 2.24) is 10.6 Å². The average molecular weight is 381 g/mol. The van der Waals surface area contributed by atoms with Gasteiger partial charge in [-0.1, -0.05) is 25.5 Å². The molecule has 2 bridgehead atoms. The Labute approximate surface area is 163 Å². The molecule has 2 aliphatic rings. The highest BCUT2D eigenvalue weighted by Crippen LogP contribution is 2.57. The first-order valence-corrected chi connectivity index (χ1v) is 9.80. The molecular weight excluding hydrogens is 348 g/mol. The standard InChI is InChI=1S/C21H32N2O2.ClH/c1-3-9-22-10-11-23-20(24)21(15-17-7-8-18(21)12-17)14-16-5-4-6-19(13-16)25-2;/h4-6,13,17-18,22H,3,7-12,14-15H2,1-2H3,(H,23,24);1H. The van der Waals surface area contributed by atoms with Gasteiger partial charge in [-0.05, 0) is 68.2 Å². The molecular formula is C21H33ClN2O2. The van der Waals surface area contributed by atoms with Gasteiger partial charge in [0.25, 0.3) is 0 Å². The number of methoxy groups -OCH3 is 1. The lowest BCUT2D eigenvalue weighted by atomic mass is 9.68. The average Bonchev–Trinajstić information content (AvgIpc) is 3.23. The zero-order valence-corrected chi connectivity index (χ0v) is 16.9. The van der Waals surface area contributed by atoms with E-state index in [4.69, 9.17) is 4.74 Å². The first-order chi connectivity index (χ1) is 12.2. The Hall–Kier alpha value is -1.26. The smallest absolute Gasteiger partial charge is 0.226 e. The number of hydrogen-bond donors (Lipinski definition) is 2. The third-order valence-corrected chi connectivity index (χ3v) is 6.10. The van der Waals surface area contributed by atoms with Crippen LogP contribution in [0.1, 0.15) is 44.6 Å². The van der Waals surface area contributed by atoms with E-state index in [0.29, 0.717) is 5.92 Å². The van der Waals surface area contributed by atoms with Crippen molar-refractivity contribution in [2.75, 3.05) is 26.7 Å². The van der Waals surface area contributed by atoms with Crippen molar-refractivity contribution in [1.29, 1.82) is 0 Å². The number of benzene rings is 1. The lowest BCUT2D eigenvalue weighted by Crippen LogP contribution is -2.47. The first-order valence-electron chi connectivity index (χ1n) is 9.80. The summed E-state index contributed by atoms with van der Waals surface area (Å²) in [5.74, 6) is 2.41. The fraction of sp³-hybridized carbons (Fsp3) is 0.667. The summed E-state index contributed by atoms with van der Waals surface area (Å²) in [7, 11) is 1.70. The maximum Gasteiger partial charge on any atom is 0.226 e. The number of fused-ring (bicyclic) bond motifs is 2. The second kappa shape index (κ2) is 9.61. The van der Waals surface area contributed by atoms with E-state index in [1.165, 1.54) is 24.8 Å². The van der Waals surface area contributed by atoms with E-state index in [9.17, 15) is 4.79 Å². The maximum atomic E-state index is 13.2. The number of hydrogen-bond acceptors (Lipinski definition) is 3. The van der Waals surface area contributed by atoms with Crippen LogP contribution in [0.15, 0.2) is 24.3 Å². The molecule has 1 aromatic rings. The van der Waals surface area contributed by atoms with Gasteiger partial charge in [0, 0.05) is 13.1 Å². The zero-order valence-electron chi connectivity index (χ0n) is 16.1. The normalized spacial score (nSPS) is 26.4. The molecule has 2 N–H and O–H groups in total. The van der Waals surface area contributed by atoms with Gasteiger partial charge in [0.15, 0.2) is 0 Å². The zero-order chi connectivity index (χ0) is 17.7. The van der Waals surface area contributed by atoms with E-state index < -0.39 is 0 Å². The van der Waals surface area contributed by atoms with Gasteiger partial charge in [-0.3, -0.25) is 4.79 Å². The van der Waals surface area contributed by atoms with Crippen LogP contribution in [0.5, 0.6) is 5.75 Å². The summed E-state index contributed by atoms with van der Waals surface area (Å²) < 4.78 is 5.37. The van der Waals surface area contributed by atoms with E-state index in [1.54, 1.807) is 7.11 Å². The number of rotatable bonds is 9. The highest BCUT2D eigenvalue weighted by Gasteiger charge is 2.55. The van der Waals surface area contributed by atoms with Gasteiger partial charge >= 0.3 is 0 Å². The second-order valence-corrected chi connectivity index (χ2v) is 7.77. The van der Waals surface area contributed by atoms with E-state index in [0.717, 1.165) is 50.6 Å². The molecule has 3 rings (SSSR count). The van der Waals surface area contributed by atoms with Gasteiger partial charge in [0.1, 0.15) is 5.75 Å². The Morgan fingerprint density at radius 1 is 1.27 bits per heavy atom. The van der Waals surface area contributed by atoms with E-state index in [-0.39, 0.29) is 23.7 Å². The fourth-order valence-corrected chi connectivity index (χ4v) is 4.91. The van der Waals surface area contributed by atoms with Crippen LogP contribution in [0.25, 0.3) is 0 Å². The van der Waals surface area contributed by atoms with Crippen molar-refractivity contribution in [2.45, 2.75) is 45.4 Å². The van der Waals surface area contributed by atoms with Crippen LogP contribution in [0.3, 0.4) is 0 Å². The molecule has 0 aliphatic heterocycles. The van der Waals surface area contributed by atoms with E-state index >= 15 is 0 Å². The Bertz CT molecular complexity index is 595. The fourth-order valence-electron chi connectivity index (χ4n) is 4.91. The molecule has 1 amide bonds. The van der Waals surface area contributed by atoms with Crippen molar-refractivity contribution in [3.63, 3.8) is 0 Å². The van der Waals surface area contributed by atoms with Crippen molar-refractivity contribution in [2.24, 2.45) is 17.3 Å². The van der Waals surface area contributed by atoms with Crippen molar-refractivity contribution in [3.8, 4) is 5.75 Å². The molecule has 0 radical (unpaired) electrons. The predicted octanol–water partition coefficient (Wildman–Crippen LogP) is 3.58. The molecule has 146 valence electrons. The number of amides is 1. The van der Waals surface area contributed by atoms with Crippen LogP contribution in [0.4, 0.5) is 0 Å². The molecule has 0 heterocycles. The molecule has 2 saturated carbocycles. The minimum absolute atomic E-state index is 0. The lowest BCUT2D eigenvalue weighted by molar-refractivity contribution is -0.134. The predicted molar refractivity (Wildman–Crippen MR) is 108 cm³/mol. The molecule has 0 spiro atoms. The number of carbonyl (C=O) groups is 1. The number of carbonyl (C=O) groups excluding carboxylic acids is 1. The molecule has 0 saturated heterocycles. The molecule has 26 heavy (non-hydrogen) atoms. The Morgan fingerprint density at radius 2 is 2.12 bits per heavy atom. The van der Waals surface area contributed by atoms with Crippen molar-refractivity contribution in [3.05, 3.63) is 29.8 Å². The monoisotopic (exact) mass is 380 g/mol. The summed E-state index contributed by atoms with van der Waals surface area (Å²) in [6, 6.07) is 8.22. The van der Waals surface area contributed by atoms with Crippen LogP contribution < -0.4 is 15.4 Å². The molecule has 2 aliphatic carbocycles. The van der Waals surface area contributed by atoms with Crippen LogP contribution in [-0.2, 0) is 11.2 Å². The Kier molecular flexibility index (Phi) is 7.78. The molecule has 3 atom stereocenters. The third kappa shape index (κ3) is 4.52. The molecule has 4 nitrogen and oxygen atoms in total. The van der Waals surface area contributed by atoms with Crippen molar-refractivity contribution >= 4 is 18.3 Å². The molecule has 0 aromatic heterocycles. The first kappa shape index (κ1) is 21.0. The van der Waals surface area contributed by atoms with Crippen LogP contribution in [-0.4, -0.2) is 32.7 Å².